The maximum atomic E-state index is 13.4. The molecule has 1 amide bonds. The summed E-state index contributed by atoms with van der Waals surface area (Å²) < 4.78 is 36.5. The summed E-state index contributed by atoms with van der Waals surface area (Å²) in [6.45, 7) is 9.46. The molecule has 0 spiro atoms. The topological polar surface area (TPSA) is 111 Å². The molecule has 2 aromatic rings. The Morgan fingerprint density at radius 3 is 2.38 bits per heavy atom. The molecule has 0 aromatic heterocycles. The summed E-state index contributed by atoms with van der Waals surface area (Å²) in [7, 11) is -2.75. The summed E-state index contributed by atoms with van der Waals surface area (Å²) in [4.78, 5) is 19.8. The van der Waals surface area contributed by atoms with Crippen LogP contribution in [0, 0.1) is 0 Å². The number of nitrogens with zero attached hydrogens (tertiary/aromatic N) is 3. The van der Waals surface area contributed by atoms with Gasteiger partial charge in [-0.1, -0.05) is 32.0 Å². The Balaban J connectivity index is 1.55. The van der Waals surface area contributed by atoms with Crippen LogP contribution in [0.15, 0.2) is 30.3 Å². The van der Waals surface area contributed by atoms with E-state index in [-0.39, 0.29) is 17.2 Å². The highest BCUT2D eigenvalue weighted by Gasteiger charge is 2.29. The molecule has 184 valence electrons. The number of carbonyl (C=O) groups is 1. The van der Waals surface area contributed by atoms with Crippen LogP contribution in [0.3, 0.4) is 0 Å². The molecule has 0 aliphatic carbocycles. The minimum Gasteiger partial charge on any atom is -0.508 e. The van der Waals surface area contributed by atoms with Crippen LogP contribution in [-0.4, -0.2) is 71.9 Å². The van der Waals surface area contributed by atoms with E-state index < -0.39 is 22.1 Å². The molecule has 2 aliphatic rings. The number of piperazine rings is 1. The zero-order valence-corrected chi connectivity index (χ0v) is 20.5. The molecule has 0 atom stereocenters. The minimum absolute atomic E-state index is 0.0235. The summed E-state index contributed by atoms with van der Waals surface area (Å²) in [6.07, 6.45) is 0. The fraction of sp³-hybridized carbons (Fsp3) is 0.458. The first kappa shape index (κ1) is 24.5. The van der Waals surface area contributed by atoms with Crippen LogP contribution in [0.2, 0.25) is 0 Å². The summed E-state index contributed by atoms with van der Waals surface area (Å²) in [6, 6.07) is 8.76. The third-order valence-corrected chi connectivity index (χ3v) is 6.85. The molecule has 34 heavy (non-hydrogen) atoms. The lowest BCUT2D eigenvalue weighted by Gasteiger charge is -2.32. The van der Waals surface area contributed by atoms with Crippen molar-refractivity contribution in [3.05, 3.63) is 58.1 Å². The number of hydrogen-bond acceptors (Lipinski definition) is 7. The van der Waals surface area contributed by atoms with Gasteiger partial charge in [0.05, 0.1) is 5.56 Å². The molecule has 2 aliphatic heterocycles. The van der Waals surface area contributed by atoms with Crippen molar-refractivity contribution in [2.75, 3.05) is 33.2 Å². The van der Waals surface area contributed by atoms with Crippen LogP contribution in [0.5, 0.6) is 11.5 Å². The van der Waals surface area contributed by atoms with Gasteiger partial charge in [0.25, 0.3) is 5.91 Å². The van der Waals surface area contributed by atoms with Crippen molar-refractivity contribution in [2.24, 2.45) is 0 Å². The summed E-state index contributed by atoms with van der Waals surface area (Å²) in [5.74, 6) is -1.15. The Hall–Kier alpha value is -2.66. The Morgan fingerprint density at radius 2 is 1.74 bits per heavy atom. The number of phenolic OH excluding ortho intramolecular Hbond substituents is 1. The number of likely N-dealkylation sites (N-methyl/N-ethyl adjacent to an activating group) is 1. The molecular formula is C24H31N3O6S. The van der Waals surface area contributed by atoms with Crippen LogP contribution < -0.4 is 4.18 Å². The molecule has 2 aromatic carbocycles. The van der Waals surface area contributed by atoms with Crippen molar-refractivity contribution in [1.82, 2.24) is 14.7 Å². The second-order valence-electron chi connectivity index (χ2n) is 9.42. The van der Waals surface area contributed by atoms with Gasteiger partial charge in [-0.25, -0.2) is 0 Å². The Labute approximate surface area is 200 Å². The van der Waals surface area contributed by atoms with Crippen LogP contribution in [0.4, 0.5) is 0 Å². The Morgan fingerprint density at radius 1 is 1.06 bits per heavy atom. The highest BCUT2D eigenvalue weighted by atomic mass is 32.3. The van der Waals surface area contributed by atoms with E-state index in [9.17, 15) is 22.9 Å². The van der Waals surface area contributed by atoms with E-state index in [1.807, 2.05) is 19.9 Å². The fourth-order valence-electron chi connectivity index (χ4n) is 4.52. The molecular weight excluding hydrogens is 458 g/mol. The lowest BCUT2D eigenvalue weighted by molar-refractivity contribution is 0.0749. The van der Waals surface area contributed by atoms with Crippen molar-refractivity contribution < 1.29 is 27.1 Å². The third-order valence-electron chi connectivity index (χ3n) is 6.46. The van der Waals surface area contributed by atoms with E-state index >= 15 is 0 Å². The smallest absolute Gasteiger partial charge is 0.446 e. The summed E-state index contributed by atoms with van der Waals surface area (Å²) in [5.41, 5.74) is 3.75. The predicted molar refractivity (Wildman–Crippen MR) is 127 cm³/mol. The third kappa shape index (κ3) is 5.52. The molecule has 1 fully saturated rings. The van der Waals surface area contributed by atoms with Gasteiger partial charge in [-0.05, 0) is 41.3 Å². The summed E-state index contributed by atoms with van der Waals surface area (Å²) >= 11 is 0. The number of rotatable bonds is 6. The molecule has 0 unspecified atom stereocenters. The van der Waals surface area contributed by atoms with Gasteiger partial charge in [0.2, 0.25) is 0 Å². The van der Waals surface area contributed by atoms with Gasteiger partial charge in [-0.15, -0.1) is 0 Å². The number of aromatic hydroxyl groups is 1. The van der Waals surface area contributed by atoms with Crippen molar-refractivity contribution in [3.8, 4) is 11.5 Å². The first-order valence-electron chi connectivity index (χ1n) is 11.3. The zero-order chi connectivity index (χ0) is 24.6. The maximum absolute atomic E-state index is 13.4. The standard InChI is InChI=1S/C24H31N3O6S/c1-16(2)20-11-21(23(12-22(20)28)33-34(30,31)32)24(29)27-14-18-5-4-17(10-19(18)15-27)13-26-8-6-25(3)7-9-26/h4-5,10-12,16,28H,6-9,13-15H2,1-3H3,(H,30,31,32). The van der Waals surface area contributed by atoms with E-state index in [0.29, 0.717) is 18.7 Å². The molecule has 2 N–H and O–H groups in total. The largest absolute Gasteiger partial charge is 0.508 e. The average Bonchev–Trinajstić information content (AvgIpc) is 3.17. The highest BCUT2D eigenvalue weighted by molar-refractivity contribution is 7.81. The number of fused-ring (bicyclic) bond motifs is 1. The minimum atomic E-state index is -4.87. The fourth-order valence-corrected chi connectivity index (χ4v) is 4.89. The molecule has 9 nitrogen and oxygen atoms in total. The number of hydrogen-bond donors (Lipinski definition) is 2. The van der Waals surface area contributed by atoms with Gasteiger partial charge in [-0.2, -0.15) is 8.42 Å². The quantitative estimate of drug-likeness (QED) is 0.596. The van der Waals surface area contributed by atoms with Gasteiger partial charge in [0.15, 0.2) is 5.75 Å². The highest BCUT2D eigenvalue weighted by Crippen LogP contribution is 2.35. The van der Waals surface area contributed by atoms with Crippen molar-refractivity contribution in [2.45, 2.75) is 39.4 Å². The van der Waals surface area contributed by atoms with Crippen LogP contribution in [0.25, 0.3) is 0 Å². The SMILES string of the molecule is CC(C)c1cc(C(=O)N2Cc3ccc(CN4CCN(C)CC4)cc3C2)c(OS(=O)(=O)O)cc1O. The Bertz CT molecular complexity index is 1190. The molecule has 0 bridgehead atoms. The molecule has 2 heterocycles. The normalized spacial score (nSPS) is 17.3. The second kappa shape index (κ2) is 9.53. The van der Waals surface area contributed by atoms with Crippen molar-refractivity contribution >= 4 is 16.3 Å². The number of amides is 1. The lowest BCUT2D eigenvalue weighted by Crippen LogP contribution is -2.43. The summed E-state index contributed by atoms with van der Waals surface area (Å²) in [5, 5.41) is 10.3. The second-order valence-corrected chi connectivity index (χ2v) is 10.4. The van der Waals surface area contributed by atoms with Gasteiger partial charge in [0.1, 0.15) is 5.75 Å². The monoisotopic (exact) mass is 489 g/mol. The van der Waals surface area contributed by atoms with Gasteiger partial charge < -0.3 is 19.1 Å². The van der Waals surface area contributed by atoms with E-state index in [2.05, 4.69) is 33.2 Å². The number of phenols is 1. The van der Waals surface area contributed by atoms with E-state index in [0.717, 1.165) is 49.9 Å². The molecule has 1 saturated heterocycles. The van der Waals surface area contributed by atoms with Crippen LogP contribution in [-0.2, 0) is 30.0 Å². The van der Waals surface area contributed by atoms with Gasteiger partial charge >= 0.3 is 10.4 Å². The molecule has 10 heteroatoms. The zero-order valence-electron chi connectivity index (χ0n) is 19.7. The predicted octanol–water partition coefficient (Wildman–Crippen LogP) is 2.60. The van der Waals surface area contributed by atoms with E-state index in [4.69, 9.17) is 0 Å². The first-order chi connectivity index (χ1) is 16.0. The lowest BCUT2D eigenvalue weighted by atomic mass is 9.98. The first-order valence-corrected chi connectivity index (χ1v) is 12.7. The van der Waals surface area contributed by atoms with Crippen molar-refractivity contribution in [1.29, 1.82) is 0 Å². The molecule has 0 radical (unpaired) electrons. The number of carbonyl (C=O) groups excluding carboxylic acids is 1. The van der Waals surface area contributed by atoms with Gasteiger partial charge in [0, 0.05) is 51.9 Å². The Kier molecular flexibility index (Phi) is 6.86. The van der Waals surface area contributed by atoms with Gasteiger partial charge in [-0.3, -0.25) is 14.2 Å². The van der Waals surface area contributed by atoms with E-state index in [1.165, 1.54) is 11.6 Å². The van der Waals surface area contributed by atoms with Crippen molar-refractivity contribution in [3.63, 3.8) is 0 Å². The van der Waals surface area contributed by atoms with E-state index in [1.54, 1.807) is 4.90 Å². The van der Waals surface area contributed by atoms with Crippen LogP contribution >= 0.6 is 0 Å². The maximum Gasteiger partial charge on any atom is 0.446 e. The van der Waals surface area contributed by atoms with Crippen LogP contribution in [0.1, 0.15) is 52.4 Å². The molecule has 0 saturated carbocycles. The number of benzene rings is 2. The molecule has 4 rings (SSSR count). The average molecular weight is 490 g/mol.